The quantitative estimate of drug-likeness (QED) is 0.789. The van der Waals surface area contributed by atoms with Crippen LogP contribution < -0.4 is 9.80 Å². The van der Waals surface area contributed by atoms with Crippen molar-refractivity contribution in [3.05, 3.63) is 35.4 Å². The zero-order valence-electron chi connectivity index (χ0n) is 16.9. The molecule has 0 aromatic carbocycles. The van der Waals surface area contributed by atoms with Gasteiger partial charge in [-0.15, -0.1) is 0 Å². The predicted octanol–water partition coefficient (Wildman–Crippen LogP) is 3.20. The molecule has 0 spiro atoms. The number of piperidine rings is 1. The number of aromatic nitrogens is 4. The summed E-state index contributed by atoms with van der Waals surface area (Å²) in [6.07, 6.45) is 10.6. The topological polar surface area (TPSA) is 58.0 Å². The molecule has 4 rings (SSSR count). The van der Waals surface area contributed by atoms with Crippen LogP contribution in [0.1, 0.15) is 49.6 Å². The maximum atomic E-state index is 14.5. The highest BCUT2D eigenvalue weighted by Gasteiger charge is 2.26. The summed E-state index contributed by atoms with van der Waals surface area (Å²) in [5.74, 6) is 1.81. The van der Waals surface area contributed by atoms with Gasteiger partial charge in [0.05, 0.1) is 5.69 Å². The summed E-state index contributed by atoms with van der Waals surface area (Å²) in [6.45, 7) is 4.71. The Bertz CT molecular complexity index is 819. The number of rotatable bonds is 5. The number of hydrogen-bond donors (Lipinski definition) is 0. The Labute approximate surface area is 166 Å². The Morgan fingerprint density at radius 3 is 2.61 bits per heavy atom. The molecule has 0 atom stereocenters. The molecule has 1 fully saturated rings. The molecule has 1 saturated heterocycles. The second kappa shape index (κ2) is 8.37. The van der Waals surface area contributed by atoms with E-state index >= 15 is 0 Å². The number of aryl methyl sites for hydroxylation is 2. The summed E-state index contributed by atoms with van der Waals surface area (Å²) in [7, 11) is 1.93. The molecule has 2 aromatic rings. The van der Waals surface area contributed by atoms with Crippen LogP contribution in [0.25, 0.3) is 0 Å². The van der Waals surface area contributed by atoms with Crippen LogP contribution in [0.5, 0.6) is 0 Å². The molecule has 0 radical (unpaired) electrons. The molecule has 0 N–H and O–H groups in total. The first kappa shape index (κ1) is 19.0. The van der Waals surface area contributed by atoms with Crippen molar-refractivity contribution >= 4 is 11.6 Å². The second-order valence-corrected chi connectivity index (χ2v) is 7.95. The van der Waals surface area contributed by atoms with Gasteiger partial charge in [0.25, 0.3) is 0 Å². The Balaban J connectivity index is 1.39. The van der Waals surface area contributed by atoms with Crippen LogP contribution in [0, 0.1) is 11.7 Å². The number of halogens is 1. The normalized spacial score (nSPS) is 17.5. The molecule has 1 aliphatic carbocycles. The molecular weight excluding hydrogens is 355 g/mol. The molecule has 7 heteroatoms. The Morgan fingerprint density at radius 2 is 1.82 bits per heavy atom. The average Bonchev–Trinajstić information content (AvgIpc) is 2.74. The van der Waals surface area contributed by atoms with Crippen LogP contribution in [0.3, 0.4) is 0 Å². The average molecular weight is 385 g/mol. The van der Waals surface area contributed by atoms with Crippen LogP contribution in [-0.2, 0) is 19.3 Å². The standard InChI is InChI=1S/C21H29FN6/c1-3-17-19(22)21(26-13-23-17)27(2)12-15-8-10-28(11-9-15)20-16-6-4-5-7-18(16)24-14-25-20/h13-15H,3-12H2,1-2H3. The van der Waals surface area contributed by atoms with Gasteiger partial charge in [0.1, 0.15) is 18.5 Å². The Hall–Kier alpha value is -2.31. The first-order valence-electron chi connectivity index (χ1n) is 10.5. The smallest absolute Gasteiger partial charge is 0.187 e. The minimum atomic E-state index is -0.280. The van der Waals surface area contributed by atoms with Crippen LogP contribution >= 0.6 is 0 Å². The zero-order valence-corrected chi connectivity index (χ0v) is 16.9. The summed E-state index contributed by atoms with van der Waals surface area (Å²) >= 11 is 0. The monoisotopic (exact) mass is 384 g/mol. The summed E-state index contributed by atoms with van der Waals surface area (Å²) in [4.78, 5) is 21.7. The first-order valence-corrected chi connectivity index (χ1v) is 10.5. The Morgan fingerprint density at radius 1 is 1.07 bits per heavy atom. The van der Waals surface area contributed by atoms with Gasteiger partial charge >= 0.3 is 0 Å². The molecule has 2 aliphatic rings. The number of fused-ring (bicyclic) bond motifs is 1. The van der Waals surface area contributed by atoms with E-state index < -0.39 is 0 Å². The van der Waals surface area contributed by atoms with Gasteiger partial charge in [-0.2, -0.15) is 0 Å². The van der Waals surface area contributed by atoms with E-state index in [9.17, 15) is 4.39 Å². The maximum Gasteiger partial charge on any atom is 0.187 e. The van der Waals surface area contributed by atoms with Crippen LogP contribution in [0.15, 0.2) is 12.7 Å². The maximum absolute atomic E-state index is 14.5. The predicted molar refractivity (Wildman–Crippen MR) is 108 cm³/mol. The molecule has 0 unspecified atom stereocenters. The molecule has 6 nitrogen and oxygen atoms in total. The number of anilines is 2. The highest BCUT2D eigenvalue weighted by atomic mass is 19.1. The fourth-order valence-electron chi connectivity index (χ4n) is 4.49. The van der Waals surface area contributed by atoms with E-state index in [0.29, 0.717) is 23.9 Å². The second-order valence-electron chi connectivity index (χ2n) is 7.95. The van der Waals surface area contributed by atoms with E-state index in [1.54, 1.807) is 6.33 Å². The SMILES string of the molecule is CCc1ncnc(N(C)CC2CCN(c3ncnc4c3CCCC4)CC2)c1F. The third-order valence-electron chi connectivity index (χ3n) is 6.09. The molecule has 0 bridgehead atoms. The summed E-state index contributed by atoms with van der Waals surface area (Å²) in [5, 5.41) is 0. The van der Waals surface area contributed by atoms with Crippen LogP contribution in [-0.4, -0.2) is 46.6 Å². The number of nitrogens with zero attached hydrogens (tertiary/aromatic N) is 6. The van der Waals surface area contributed by atoms with E-state index in [0.717, 1.165) is 51.1 Å². The molecule has 0 amide bonds. The molecule has 150 valence electrons. The van der Waals surface area contributed by atoms with Crippen LogP contribution in [0.2, 0.25) is 0 Å². The lowest BCUT2D eigenvalue weighted by Crippen LogP contribution is -2.39. The summed E-state index contributed by atoms with van der Waals surface area (Å²) in [6, 6.07) is 0. The minimum absolute atomic E-state index is 0.280. The van der Waals surface area contributed by atoms with Crippen molar-refractivity contribution in [2.45, 2.75) is 51.9 Å². The van der Waals surface area contributed by atoms with Crippen molar-refractivity contribution < 1.29 is 4.39 Å². The van der Waals surface area contributed by atoms with E-state index in [-0.39, 0.29) is 5.82 Å². The van der Waals surface area contributed by atoms with Gasteiger partial charge in [0, 0.05) is 37.9 Å². The highest BCUT2D eigenvalue weighted by molar-refractivity contribution is 5.50. The van der Waals surface area contributed by atoms with E-state index in [4.69, 9.17) is 0 Å². The van der Waals surface area contributed by atoms with Crippen molar-refractivity contribution in [1.29, 1.82) is 0 Å². The fraction of sp³-hybridized carbons (Fsp3) is 0.619. The van der Waals surface area contributed by atoms with Gasteiger partial charge in [-0.1, -0.05) is 6.92 Å². The van der Waals surface area contributed by atoms with Crippen molar-refractivity contribution in [2.24, 2.45) is 5.92 Å². The molecule has 1 aliphatic heterocycles. The summed E-state index contributed by atoms with van der Waals surface area (Å²) in [5.41, 5.74) is 3.09. The molecule has 3 heterocycles. The van der Waals surface area contributed by atoms with Gasteiger partial charge < -0.3 is 9.80 Å². The molecule has 0 saturated carbocycles. The van der Waals surface area contributed by atoms with Crippen molar-refractivity contribution in [1.82, 2.24) is 19.9 Å². The van der Waals surface area contributed by atoms with Crippen LogP contribution in [0.4, 0.5) is 16.0 Å². The van der Waals surface area contributed by atoms with Gasteiger partial charge in [0.15, 0.2) is 11.6 Å². The van der Waals surface area contributed by atoms with Crippen molar-refractivity contribution in [3.63, 3.8) is 0 Å². The minimum Gasteiger partial charge on any atom is -0.357 e. The lowest BCUT2D eigenvalue weighted by atomic mass is 9.93. The molecular formula is C21H29FN6. The Kier molecular flexibility index (Phi) is 5.69. The van der Waals surface area contributed by atoms with Crippen molar-refractivity contribution in [3.8, 4) is 0 Å². The number of hydrogen-bond acceptors (Lipinski definition) is 6. The van der Waals surface area contributed by atoms with Gasteiger partial charge in [0.2, 0.25) is 0 Å². The zero-order chi connectivity index (χ0) is 19.5. The fourth-order valence-corrected chi connectivity index (χ4v) is 4.49. The van der Waals surface area contributed by atoms with Crippen molar-refractivity contribution in [2.75, 3.05) is 36.5 Å². The molecule has 28 heavy (non-hydrogen) atoms. The lowest BCUT2D eigenvalue weighted by Gasteiger charge is -2.36. The van der Waals surface area contributed by atoms with Gasteiger partial charge in [-0.05, 0) is 50.9 Å². The van der Waals surface area contributed by atoms with Gasteiger partial charge in [-0.25, -0.2) is 24.3 Å². The first-order chi connectivity index (χ1) is 13.7. The van der Waals surface area contributed by atoms with E-state index in [2.05, 4.69) is 24.8 Å². The lowest BCUT2D eigenvalue weighted by molar-refractivity contribution is 0.404. The third kappa shape index (κ3) is 3.80. The largest absolute Gasteiger partial charge is 0.357 e. The van der Waals surface area contributed by atoms with E-state index in [1.165, 1.54) is 30.4 Å². The highest BCUT2D eigenvalue weighted by Crippen LogP contribution is 2.30. The van der Waals surface area contributed by atoms with E-state index in [1.807, 2.05) is 18.9 Å². The summed E-state index contributed by atoms with van der Waals surface area (Å²) < 4.78 is 14.5. The third-order valence-corrected chi connectivity index (χ3v) is 6.09. The molecule has 2 aromatic heterocycles. The van der Waals surface area contributed by atoms with Gasteiger partial charge in [-0.3, -0.25) is 0 Å².